The van der Waals surface area contributed by atoms with Crippen LogP contribution in [-0.4, -0.2) is 26.4 Å². The molecule has 0 spiro atoms. The molecule has 0 atom stereocenters. The van der Waals surface area contributed by atoms with Crippen LogP contribution < -0.4 is 0 Å². The van der Waals surface area contributed by atoms with Crippen molar-refractivity contribution >= 4 is 40.4 Å². The molecular formula is C27H24N4OS. The summed E-state index contributed by atoms with van der Waals surface area (Å²) in [6.07, 6.45) is 1.81. The van der Waals surface area contributed by atoms with Crippen molar-refractivity contribution in [3.05, 3.63) is 99.2 Å². The number of amides is 1. The third-order valence-electron chi connectivity index (χ3n) is 6.06. The van der Waals surface area contributed by atoms with E-state index in [2.05, 4.69) is 54.6 Å². The highest BCUT2D eigenvalue weighted by Crippen LogP contribution is 2.37. The number of nitrogens with one attached hydrogen (secondary N) is 1. The first-order valence-electron chi connectivity index (χ1n) is 10.8. The number of carbonyl (C=O) groups excluding carboxylic acids is 1. The molecule has 0 unspecified atom stereocenters. The summed E-state index contributed by atoms with van der Waals surface area (Å²) in [7, 11) is 0. The van der Waals surface area contributed by atoms with Crippen molar-refractivity contribution in [1.29, 1.82) is 5.41 Å². The van der Waals surface area contributed by atoms with Gasteiger partial charge in [0.2, 0.25) is 0 Å². The molecule has 2 aromatic carbocycles. The molecule has 0 radical (unpaired) electrons. The van der Waals surface area contributed by atoms with E-state index in [-0.39, 0.29) is 11.7 Å². The van der Waals surface area contributed by atoms with Crippen molar-refractivity contribution < 1.29 is 4.79 Å². The minimum atomic E-state index is -0.377. The van der Waals surface area contributed by atoms with E-state index < -0.39 is 0 Å². The van der Waals surface area contributed by atoms with Crippen LogP contribution in [0.3, 0.4) is 0 Å². The number of nitrogens with zero attached hydrogens (tertiary/aromatic N) is 3. The molecule has 5 rings (SSSR count). The van der Waals surface area contributed by atoms with Crippen molar-refractivity contribution in [2.24, 2.45) is 4.99 Å². The molecule has 1 amide bonds. The minimum absolute atomic E-state index is 0.154. The summed E-state index contributed by atoms with van der Waals surface area (Å²) in [5, 5.41) is 11.4. The van der Waals surface area contributed by atoms with Gasteiger partial charge in [0, 0.05) is 22.5 Å². The quantitative estimate of drug-likeness (QED) is 0.495. The maximum Gasteiger partial charge on any atom is 0.283 e. The second kappa shape index (κ2) is 8.05. The molecule has 33 heavy (non-hydrogen) atoms. The highest BCUT2D eigenvalue weighted by atomic mass is 32.2. The minimum Gasteiger partial charge on any atom is -0.318 e. The normalized spacial score (nSPS) is 16.8. The number of amidine groups is 2. The number of carbonyl (C=O) groups is 1. The van der Waals surface area contributed by atoms with E-state index in [0.29, 0.717) is 10.7 Å². The number of hydrogen-bond acceptors (Lipinski definition) is 3. The summed E-state index contributed by atoms with van der Waals surface area (Å²) in [6.45, 7) is 8.30. The topological polar surface area (TPSA) is 61.5 Å². The highest BCUT2D eigenvalue weighted by molar-refractivity contribution is 8.17. The van der Waals surface area contributed by atoms with Gasteiger partial charge < -0.3 is 4.57 Å². The Labute approximate surface area is 197 Å². The number of aryl methyl sites for hydroxylation is 3. The lowest BCUT2D eigenvalue weighted by atomic mass is 10.1. The third-order valence-corrected chi connectivity index (χ3v) is 6.89. The Hall–Kier alpha value is -3.64. The van der Waals surface area contributed by atoms with Crippen LogP contribution in [0.25, 0.3) is 17.5 Å². The van der Waals surface area contributed by atoms with E-state index in [1.54, 1.807) is 11.0 Å². The molecule has 1 aromatic heterocycles. The van der Waals surface area contributed by atoms with Crippen LogP contribution in [0.15, 0.2) is 70.6 Å². The van der Waals surface area contributed by atoms with Crippen molar-refractivity contribution in [2.45, 2.75) is 27.7 Å². The summed E-state index contributed by atoms with van der Waals surface area (Å²) < 4.78 is 2.21. The predicted molar refractivity (Wildman–Crippen MR) is 137 cm³/mol. The number of aromatic nitrogens is 1. The average Bonchev–Trinajstić information content (AvgIpc) is 3.34. The summed E-state index contributed by atoms with van der Waals surface area (Å²) >= 11 is 1.38. The van der Waals surface area contributed by atoms with Gasteiger partial charge in [-0.15, -0.1) is 0 Å². The Kier molecular flexibility index (Phi) is 5.17. The summed E-state index contributed by atoms with van der Waals surface area (Å²) in [5.41, 5.74) is 8.68. The van der Waals surface area contributed by atoms with Gasteiger partial charge in [-0.05, 0) is 68.2 Å². The van der Waals surface area contributed by atoms with Crippen LogP contribution in [0.2, 0.25) is 0 Å². The van der Waals surface area contributed by atoms with Gasteiger partial charge in [-0.2, -0.15) is 4.99 Å². The lowest BCUT2D eigenvalue weighted by Gasteiger charge is -2.26. The smallest absolute Gasteiger partial charge is 0.283 e. The zero-order chi connectivity index (χ0) is 23.3. The zero-order valence-corrected chi connectivity index (χ0v) is 19.8. The molecule has 6 heteroatoms. The molecule has 164 valence electrons. The summed E-state index contributed by atoms with van der Waals surface area (Å²) in [6, 6.07) is 18.4. The van der Waals surface area contributed by atoms with E-state index >= 15 is 0 Å². The number of rotatable bonds is 3. The fourth-order valence-corrected chi connectivity index (χ4v) is 5.22. The van der Waals surface area contributed by atoms with Crippen LogP contribution in [-0.2, 0) is 4.79 Å². The average molecular weight is 453 g/mol. The van der Waals surface area contributed by atoms with Crippen LogP contribution in [0.4, 0.5) is 0 Å². The lowest BCUT2D eigenvalue weighted by Crippen LogP contribution is -2.38. The van der Waals surface area contributed by atoms with E-state index in [9.17, 15) is 4.79 Å². The van der Waals surface area contributed by atoms with E-state index in [0.717, 1.165) is 33.9 Å². The Bertz CT molecular complexity index is 1410. The molecular weight excluding hydrogens is 428 g/mol. The molecule has 3 heterocycles. The molecule has 5 nitrogen and oxygen atoms in total. The van der Waals surface area contributed by atoms with Crippen molar-refractivity contribution in [3.8, 4) is 5.69 Å². The second-order valence-electron chi connectivity index (χ2n) is 8.38. The van der Waals surface area contributed by atoms with Gasteiger partial charge in [0.1, 0.15) is 5.84 Å². The molecule has 0 fully saturated rings. The first-order valence-corrected chi connectivity index (χ1v) is 11.7. The molecule has 0 aliphatic carbocycles. The van der Waals surface area contributed by atoms with Gasteiger partial charge in [-0.1, -0.05) is 54.2 Å². The molecule has 3 aromatic rings. The lowest BCUT2D eigenvalue weighted by molar-refractivity contribution is -0.114. The Morgan fingerprint density at radius 2 is 1.76 bits per heavy atom. The molecule has 1 N–H and O–H groups in total. The fourth-order valence-electron chi connectivity index (χ4n) is 4.33. The summed E-state index contributed by atoms with van der Waals surface area (Å²) in [5.74, 6) is -0.223. The van der Waals surface area contributed by atoms with E-state index in [1.165, 1.54) is 22.9 Å². The number of hydrogen-bond donors (Lipinski definition) is 1. The first kappa shape index (κ1) is 21.2. The van der Waals surface area contributed by atoms with E-state index in [1.807, 2.05) is 42.7 Å². The second-order valence-corrected chi connectivity index (χ2v) is 9.22. The number of benzene rings is 2. The van der Waals surface area contributed by atoms with Crippen molar-refractivity contribution in [3.63, 3.8) is 0 Å². The Morgan fingerprint density at radius 3 is 2.52 bits per heavy atom. The highest BCUT2D eigenvalue weighted by Gasteiger charge is 2.36. The van der Waals surface area contributed by atoms with Gasteiger partial charge in [0.15, 0.2) is 5.17 Å². The maximum atomic E-state index is 12.9. The third kappa shape index (κ3) is 3.56. The van der Waals surface area contributed by atoms with Crippen molar-refractivity contribution in [1.82, 2.24) is 9.47 Å². The summed E-state index contributed by atoms with van der Waals surface area (Å²) in [4.78, 5) is 19.0. The molecule has 0 bridgehead atoms. The molecule has 2 aliphatic heterocycles. The van der Waals surface area contributed by atoms with E-state index in [4.69, 9.17) is 5.41 Å². The first-order chi connectivity index (χ1) is 15.8. The fraction of sp³-hybridized carbons (Fsp3) is 0.148. The van der Waals surface area contributed by atoms with Gasteiger partial charge in [0.05, 0.1) is 11.3 Å². The standard InChI is InChI=1S/C27H24N4OS/c1-16-10-11-17(2)23(12-16)30-18(3)13-21(19(30)4)14-22-25(28)31-24(20-8-6-5-7-9-20)15-33-27(31)29-26(22)32/h5-15,28H,1-4H3/b22-14-,28-25?. The largest absolute Gasteiger partial charge is 0.318 e. The number of aliphatic imine (C=N–C) groups is 1. The van der Waals surface area contributed by atoms with Crippen LogP contribution in [0, 0.1) is 33.1 Å². The van der Waals surface area contributed by atoms with Crippen LogP contribution in [0.5, 0.6) is 0 Å². The van der Waals surface area contributed by atoms with Crippen molar-refractivity contribution in [2.75, 3.05) is 0 Å². The van der Waals surface area contributed by atoms with Gasteiger partial charge in [0.25, 0.3) is 5.91 Å². The molecule has 2 aliphatic rings. The van der Waals surface area contributed by atoms with Gasteiger partial charge in [-0.25, -0.2) is 0 Å². The predicted octanol–water partition coefficient (Wildman–Crippen LogP) is 6.02. The van der Waals surface area contributed by atoms with Gasteiger partial charge in [-0.3, -0.25) is 15.1 Å². The Balaban J connectivity index is 1.57. The van der Waals surface area contributed by atoms with Crippen LogP contribution in [0.1, 0.15) is 33.6 Å². The Morgan fingerprint density at radius 1 is 1.00 bits per heavy atom. The SMILES string of the molecule is Cc1ccc(C)c(-n2c(C)cc(/C=C3/C(=N)N4C(c5ccccc5)=CSC4=NC3=O)c2C)c1. The van der Waals surface area contributed by atoms with Crippen LogP contribution >= 0.6 is 11.8 Å². The molecule has 0 saturated carbocycles. The number of thioether (sulfide) groups is 1. The zero-order valence-electron chi connectivity index (χ0n) is 19.0. The maximum absolute atomic E-state index is 12.9. The van der Waals surface area contributed by atoms with Gasteiger partial charge >= 0.3 is 0 Å². The molecule has 0 saturated heterocycles. The monoisotopic (exact) mass is 452 g/mol. The number of fused-ring (bicyclic) bond motifs is 1.